The quantitative estimate of drug-likeness (QED) is 0.775. The van der Waals surface area contributed by atoms with Crippen molar-refractivity contribution in [3.63, 3.8) is 0 Å². The van der Waals surface area contributed by atoms with Crippen molar-refractivity contribution in [3.8, 4) is 0 Å². The lowest BCUT2D eigenvalue weighted by molar-refractivity contribution is 0.237. The molecule has 130 valence electrons. The number of nitrogens with one attached hydrogen (secondary N) is 1. The first-order valence-corrected chi connectivity index (χ1v) is 9.08. The van der Waals surface area contributed by atoms with Gasteiger partial charge in [0.05, 0.1) is 0 Å². The summed E-state index contributed by atoms with van der Waals surface area (Å²) in [6.07, 6.45) is 1.08. The van der Waals surface area contributed by atoms with Gasteiger partial charge < -0.3 is 15.1 Å². The number of likely N-dealkylation sites (tertiary alicyclic amines) is 1. The fourth-order valence-corrected chi connectivity index (χ4v) is 4.41. The predicted molar refractivity (Wildman–Crippen MR) is 105 cm³/mol. The van der Waals surface area contributed by atoms with Crippen LogP contribution in [-0.4, -0.2) is 36.2 Å². The molecule has 0 amide bonds. The molecule has 0 bridgehead atoms. The first-order valence-electron chi connectivity index (χ1n) is 8.68. The van der Waals surface area contributed by atoms with Gasteiger partial charge in [0.1, 0.15) is 5.82 Å². The molecule has 25 heavy (non-hydrogen) atoms. The molecule has 2 unspecified atom stereocenters. The predicted octanol–water partition coefficient (Wildman–Crippen LogP) is 4.14. The number of aryl methyl sites for hydroxylation is 1. The van der Waals surface area contributed by atoms with Crippen molar-refractivity contribution in [1.82, 2.24) is 4.90 Å². The van der Waals surface area contributed by atoms with Gasteiger partial charge in [-0.05, 0) is 75.1 Å². The zero-order chi connectivity index (χ0) is 17.6. The molecule has 2 heterocycles. The number of hydrogen-bond acceptors (Lipinski definition) is 2. The summed E-state index contributed by atoms with van der Waals surface area (Å²) in [4.78, 5) is 4.67. The Morgan fingerprint density at radius 2 is 1.96 bits per heavy atom. The molecule has 1 saturated heterocycles. The van der Waals surface area contributed by atoms with Crippen LogP contribution in [0.5, 0.6) is 0 Å². The van der Waals surface area contributed by atoms with Crippen molar-refractivity contribution in [3.05, 3.63) is 59.4 Å². The van der Waals surface area contributed by atoms with Crippen molar-refractivity contribution in [2.24, 2.45) is 0 Å². The highest BCUT2D eigenvalue weighted by molar-refractivity contribution is 7.80. The van der Waals surface area contributed by atoms with Crippen LogP contribution in [0.1, 0.15) is 23.5 Å². The molecule has 0 saturated carbocycles. The Kier molecular flexibility index (Phi) is 4.21. The SMILES string of the molecule is Cc1ccc2c(c1)C1CN(C)CCC1N2C(=S)Nc1ccc(F)cc1. The molecular weight excluding hydrogens is 333 g/mol. The number of rotatable bonds is 1. The molecule has 1 N–H and O–H groups in total. The average molecular weight is 355 g/mol. The van der Waals surface area contributed by atoms with Crippen molar-refractivity contribution >= 4 is 28.7 Å². The van der Waals surface area contributed by atoms with E-state index in [1.807, 2.05) is 0 Å². The molecule has 4 rings (SSSR count). The second kappa shape index (κ2) is 6.39. The molecule has 2 aliphatic rings. The first-order chi connectivity index (χ1) is 12.0. The van der Waals surface area contributed by atoms with Gasteiger partial charge in [-0.25, -0.2) is 4.39 Å². The summed E-state index contributed by atoms with van der Waals surface area (Å²) < 4.78 is 13.1. The van der Waals surface area contributed by atoms with Crippen molar-refractivity contribution in [2.75, 3.05) is 30.4 Å². The Morgan fingerprint density at radius 1 is 1.20 bits per heavy atom. The number of fused-ring (bicyclic) bond motifs is 3. The van der Waals surface area contributed by atoms with Crippen LogP contribution < -0.4 is 10.2 Å². The van der Waals surface area contributed by atoms with E-state index in [2.05, 4.69) is 47.3 Å². The number of piperidine rings is 1. The highest BCUT2D eigenvalue weighted by atomic mass is 32.1. The fraction of sp³-hybridized carbons (Fsp3) is 0.350. The number of nitrogens with zero attached hydrogens (tertiary/aromatic N) is 2. The molecule has 0 radical (unpaired) electrons. The molecular formula is C20H22FN3S. The smallest absolute Gasteiger partial charge is 0.178 e. The lowest BCUT2D eigenvalue weighted by atomic mass is 9.89. The lowest BCUT2D eigenvalue weighted by Crippen LogP contribution is -2.48. The van der Waals surface area contributed by atoms with Gasteiger partial charge in [0, 0.05) is 29.9 Å². The van der Waals surface area contributed by atoms with Crippen LogP contribution in [0.25, 0.3) is 0 Å². The van der Waals surface area contributed by atoms with Crippen LogP contribution in [0.3, 0.4) is 0 Å². The summed E-state index contributed by atoms with van der Waals surface area (Å²) in [7, 11) is 2.18. The minimum atomic E-state index is -0.242. The van der Waals surface area contributed by atoms with Gasteiger partial charge in [0.15, 0.2) is 5.11 Å². The van der Waals surface area contributed by atoms with E-state index < -0.39 is 0 Å². The van der Waals surface area contributed by atoms with E-state index in [-0.39, 0.29) is 5.82 Å². The standard InChI is InChI=1S/C20H22FN3S/c1-13-3-8-18-16(11-13)17-12-23(2)10-9-19(17)24(18)20(25)22-15-6-4-14(21)5-7-15/h3-8,11,17,19H,9-10,12H2,1-2H3,(H,22,25). The van der Waals surface area contributed by atoms with Crippen LogP contribution in [-0.2, 0) is 0 Å². The Balaban J connectivity index is 1.66. The fourth-order valence-electron chi connectivity index (χ4n) is 4.06. The average Bonchev–Trinajstić information content (AvgIpc) is 2.90. The van der Waals surface area contributed by atoms with Gasteiger partial charge in [-0.1, -0.05) is 17.7 Å². The summed E-state index contributed by atoms with van der Waals surface area (Å²) >= 11 is 5.74. The Hall–Kier alpha value is -1.98. The van der Waals surface area contributed by atoms with Gasteiger partial charge in [0.25, 0.3) is 0 Å². The molecule has 3 nitrogen and oxygen atoms in total. The number of thiocarbonyl (C=S) groups is 1. The van der Waals surface area contributed by atoms with Gasteiger partial charge >= 0.3 is 0 Å². The van der Waals surface area contributed by atoms with Crippen molar-refractivity contribution in [2.45, 2.75) is 25.3 Å². The summed E-state index contributed by atoms with van der Waals surface area (Å²) in [5, 5.41) is 3.98. The molecule has 5 heteroatoms. The number of anilines is 2. The molecule has 2 aromatic rings. The monoisotopic (exact) mass is 355 g/mol. The highest BCUT2D eigenvalue weighted by Crippen LogP contribution is 2.45. The number of halogens is 1. The van der Waals surface area contributed by atoms with E-state index >= 15 is 0 Å². The summed E-state index contributed by atoms with van der Waals surface area (Å²) in [6, 6.07) is 13.4. The zero-order valence-corrected chi connectivity index (χ0v) is 15.3. The van der Waals surface area contributed by atoms with Crippen LogP contribution >= 0.6 is 12.2 Å². The third kappa shape index (κ3) is 3.02. The minimum absolute atomic E-state index is 0.242. The second-order valence-corrected chi connectivity index (χ2v) is 7.48. The maximum Gasteiger partial charge on any atom is 0.178 e. The van der Waals surface area contributed by atoms with Crippen molar-refractivity contribution < 1.29 is 4.39 Å². The first kappa shape index (κ1) is 16.5. The molecule has 0 aliphatic carbocycles. The zero-order valence-electron chi connectivity index (χ0n) is 14.5. The van der Waals surface area contributed by atoms with E-state index in [9.17, 15) is 4.39 Å². The van der Waals surface area contributed by atoms with Gasteiger partial charge in [-0.2, -0.15) is 0 Å². The van der Waals surface area contributed by atoms with Gasteiger partial charge in [-0.3, -0.25) is 0 Å². The summed E-state index contributed by atoms with van der Waals surface area (Å²) in [6.45, 7) is 4.26. The van der Waals surface area contributed by atoms with Crippen LogP contribution in [0.2, 0.25) is 0 Å². The van der Waals surface area contributed by atoms with E-state index in [4.69, 9.17) is 12.2 Å². The Bertz CT molecular complexity index is 805. The lowest BCUT2D eigenvalue weighted by Gasteiger charge is -2.37. The Morgan fingerprint density at radius 3 is 2.72 bits per heavy atom. The largest absolute Gasteiger partial charge is 0.332 e. The van der Waals surface area contributed by atoms with Crippen LogP contribution in [0, 0.1) is 12.7 Å². The van der Waals surface area contributed by atoms with Crippen molar-refractivity contribution in [1.29, 1.82) is 0 Å². The van der Waals surface area contributed by atoms with E-state index in [0.717, 1.165) is 25.2 Å². The molecule has 0 spiro atoms. The second-order valence-electron chi connectivity index (χ2n) is 7.09. The number of likely N-dealkylation sites (N-methyl/N-ethyl adjacent to an activating group) is 1. The maximum atomic E-state index is 13.1. The topological polar surface area (TPSA) is 18.5 Å². The third-order valence-corrected chi connectivity index (χ3v) is 5.57. The summed E-state index contributed by atoms with van der Waals surface area (Å²) in [5.74, 6) is 0.232. The number of hydrogen-bond donors (Lipinski definition) is 1. The van der Waals surface area contributed by atoms with Crippen LogP contribution in [0.15, 0.2) is 42.5 Å². The maximum absolute atomic E-state index is 13.1. The van der Waals surface area contributed by atoms with Gasteiger partial charge in [-0.15, -0.1) is 0 Å². The molecule has 2 atom stereocenters. The highest BCUT2D eigenvalue weighted by Gasteiger charge is 2.42. The summed E-state index contributed by atoms with van der Waals surface area (Å²) in [5.41, 5.74) is 4.69. The van der Waals surface area contributed by atoms with E-state index in [0.29, 0.717) is 17.1 Å². The molecule has 0 aromatic heterocycles. The Labute approximate surface area is 153 Å². The normalized spacial score (nSPS) is 22.4. The van der Waals surface area contributed by atoms with Gasteiger partial charge in [0.2, 0.25) is 0 Å². The molecule has 1 fully saturated rings. The van der Waals surface area contributed by atoms with Crippen LogP contribution in [0.4, 0.5) is 15.8 Å². The third-order valence-electron chi connectivity index (χ3n) is 5.27. The van der Waals surface area contributed by atoms with E-state index in [1.54, 1.807) is 12.1 Å². The minimum Gasteiger partial charge on any atom is -0.332 e. The number of benzene rings is 2. The van der Waals surface area contributed by atoms with E-state index in [1.165, 1.54) is 28.9 Å². The molecule has 2 aromatic carbocycles. The molecule has 2 aliphatic heterocycles.